The van der Waals surface area contributed by atoms with Gasteiger partial charge in [-0.05, 0) is 75.4 Å². The standard InChI is InChI=1S/C33H43N3O4S/c1-25-20-26(2)22-29(21-25)36(41(6,39)40)19-13-18-31(37)35(24-28-16-11-8-12-17-28)30(32(38)34-33(3,4)5)23-27-14-9-7-10-15-27/h7-12,14-17,20-22,30H,13,18-19,23-24H2,1-6H3,(H,34,38). The molecule has 0 radical (unpaired) electrons. The molecule has 8 heteroatoms. The van der Waals surface area contributed by atoms with E-state index < -0.39 is 21.6 Å². The van der Waals surface area contributed by atoms with E-state index in [1.807, 2.05) is 113 Å². The Morgan fingerprint density at radius 3 is 1.90 bits per heavy atom. The number of anilines is 1. The van der Waals surface area contributed by atoms with Gasteiger partial charge in [-0.1, -0.05) is 66.7 Å². The summed E-state index contributed by atoms with van der Waals surface area (Å²) < 4.78 is 26.8. The summed E-state index contributed by atoms with van der Waals surface area (Å²) in [5.74, 6) is -0.425. The Labute approximate surface area is 245 Å². The Morgan fingerprint density at radius 1 is 0.854 bits per heavy atom. The Hall–Kier alpha value is -3.65. The van der Waals surface area contributed by atoms with Gasteiger partial charge in [-0.3, -0.25) is 13.9 Å². The van der Waals surface area contributed by atoms with Crippen LogP contribution in [-0.4, -0.2) is 49.5 Å². The molecule has 0 aliphatic heterocycles. The maximum absolute atomic E-state index is 13.9. The van der Waals surface area contributed by atoms with Gasteiger partial charge in [0.15, 0.2) is 0 Å². The fraction of sp³-hybridized carbons (Fsp3) is 0.394. The molecule has 0 heterocycles. The first-order valence-corrected chi connectivity index (χ1v) is 15.8. The molecular weight excluding hydrogens is 534 g/mol. The minimum Gasteiger partial charge on any atom is -0.350 e. The molecule has 0 bridgehead atoms. The van der Waals surface area contributed by atoms with Crippen molar-refractivity contribution < 1.29 is 18.0 Å². The monoisotopic (exact) mass is 577 g/mol. The molecule has 0 aromatic heterocycles. The Morgan fingerprint density at radius 2 is 1.39 bits per heavy atom. The summed E-state index contributed by atoms with van der Waals surface area (Å²) in [5.41, 5.74) is 3.90. The van der Waals surface area contributed by atoms with Gasteiger partial charge in [0.2, 0.25) is 21.8 Å². The SMILES string of the molecule is Cc1cc(C)cc(N(CCCC(=O)N(Cc2ccccc2)C(Cc2ccccc2)C(=O)NC(C)(C)C)S(C)(=O)=O)c1. The van der Waals surface area contributed by atoms with E-state index in [4.69, 9.17) is 0 Å². The first-order chi connectivity index (χ1) is 19.2. The van der Waals surface area contributed by atoms with E-state index in [0.717, 1.165) is 22.3 Å². The summed E-state index contributed by atoms with van der Waals surface area (Å²) in [6.07, 6.45) is 1.95. The lowest BCUT2D eigenvalue weighted by molar-refractivity contribution is -0.142. The molecule has 0 fully saturated rings. The predicted molar refractivity (Wildman–Crippen MR) is 166 cm³/mol. The molecule has 220 valence electrons. The summed E-state index contributed by atoms with van der Waals surface area (Å²) in [6.45, 7) is 10.0. The van der Waals surface area contributed by atoms with Crippen LogP contribution in [0.25, 0.3) is 0 Å². The number of benzene rings is 3. The van der Waals surface area contributed by atoms with Crippen LogP contribution < -0.4 is 9.62 Å². The van der Waals surface area contributed by atoms with Gasteiger partial charge in [-0.25, -0.2) is 8.42 Å². The lowest BCUT2D eigenvalue weighted by Crippen LogP contribution is -2.54. The number of carbonyl (C=O) groups excluding carboxylic acids is 2. The van der Waals surface area contributed by atoms with Crippen LogP contribution in [0.2, 0.25) is 0 Å². The Bertz CT molecular complexity index is 1400. The molecular formula is C33H43N3O4S. The normalized spacial score (nSPS) is 12.4. The average molecular weight is 578 g/mol. The molecule has 1 unspecified atom stereocenters. The van der Waals surface area contributed by atoms with Gasteiger partial charge in [0.05, 0.1) is 11.9 Å². The van der Waals surface area contributed by atoms with Gasteiger partial charge < -0.3 is 10.2 Å². The second-order valence-corrected chi connectivity index (χ2v) is 13.6. The summed E-state index contributed by atoms with van der Waals surface area (Å²) in [4.78, 5) is 29.2. The second kappa shape index (κ2) is 13.8. The lowest BCUT2D eigenvalue weighted by Gasteiger charge is -2.34. The molecule has 1 N–H and O–H groups in total. The quantitative estimate of drug-likeness (QED) is 0.312. The topological polar surface area (TPSA) is 86.8 Å². The molecule has 41 heavy (non-hydrogen) atoms. The van der Waals surface area contributed by atoms with E-state index in [1.54, 1.807) is 4.90 Å². The molecule has 1 atom stereocenters. The number of aryl methyl sites for hydroxylation is 2. The highest BCUT2D eigenvalue weighted by atomic mass is 32.2. The number of nitrogens with one attached hydrogen (secondary N) is 1. The van der Waals surface area contributed by atoms with Crippen LogP contribution >= 0.6 is 0 Å². The number of sulfonamides is 1. The van der Waals surface area contributed by atoms with Gasteiger partial charge >= 0.3 is 0 Å². The maximum atomic E-state index is 13.9. The highest BCUT2D eigenvalue weighted by Crippen LogP contribution is 2.23. The van der Waals surface area contributed by atoms with E-state index in [1.165, 1.54) is 10.6 Å². The van der Waals surface area contributed by atoms with Crippen molar-refractivity contribution in [1.29, 1.82) is 0 Å². The summed E-state index contributed by atoms with van der Waals surface area (Å²) in [5, 5.41) is 3.07. The molecule has 3 aromatic rings. The molecule has 0 saturated carbocycles. The molecule has 7 nitrogen and oxygen atoms in total. The molecule has 0 spiro atoms. The van der Waals surface area contributed by atoms with Gasteiger partial charge in [0.25, 0.3) is 0 Å². The molecule has 3 aromatic carbocycles. The largest absolute Gasteiger partial charge is 0.350 e. The fourth-order valence-electron chi connectivity index (χ4n) is 4.89. The summed E-state index contributed by atoms with van der Waals surface area (Å²) in [7, 11) is -3.56. The third-order valence-electron chi connectivity index (χ3n) is 6.61. The van der Waals surface area contributed by atoms with Crippen molar-refractivity contribution in [1.82, 2.24) is 10.2 Å². The van der Waals surface area contributed by atoms with E-state index >= 15 is 0 Å². The Kier molecular flexibility index (Phi) is 10.7. The van der Waals surface area contributed by atoms with E-state index in [-0.39, 0.29) is 31.3 Å². The van der Waals surface area contributed by atoms with Crippen molar-refractivity contribution in [2.45, 2.75) is 72.0 Å². The zero-order chi connectivity index (χ0) is 30.2. The average Bonchev–Trinajstić information content (AvgIpc) is 2.87. The Balaban J connectivity index is 1.89. The molecule has 0 aliphatic rings. The van der Waals surface area contributed by atoms with Gasteiger partial charge in [0.1, 0.15) is 6.04 Å². The van der Waals surface area contributed by atoms with Crippen molar-refractivity contribution >= 4 is 27.5 Å². The van der Waals surface area contributed by atoms with Gasteiger partial charge in [-0.2, -0.15) is 0 Å². The number of nitrogens with zero attached hydrogens (tertiary/aromatic N) is 2. The minimum atomic E-state index is -3.56. The van der Waals surface area contributed by atoms with Crippen LogP contribution in [0.15, 0.2) is 78.9 Å². The van der Waals surface area contributed by atoms with Crippen molar-refractivity contribution in [3.05, 3.63) is 101 Å². The minimum absolute atomic E-state index is 0.0950. The van der Waals surface area contributed by atoms with Gasteiger partial charge in [0, 0.05) is 31.5 Å². The van der Waals surface area contributed by atoms with E-state index in [0.29, 0.717) is 18.5 Å². The van der Waals surface area contributed by atoms with E-state index in [2.05, 4.69) is 5.32 Å². The lowest BCUT2D eigenvalue weighted by atomic mass is 10.00. The highest BCUT2D eigenvalue weighted by molar-refractivity contribution is 7.92. The van der Waals surface area contributed by atoms with Gasteiger partial charge in [-0.15, -0.1) is 0 Å². The van der Waals surface area contributed by atoms with Crippen LogP contribution in [0.4, 0.5) is 5.69 Å². The summed E-state index contributed by atoms with van der Waals surface area (Å²) in [6, 6.07) is 24.2. The number of amides is 2. The second-order valence-electron chi connectivity index (χ2n) is 11.7. The fourth-order valence-corrected chi connectivity index (χ4v) is 5.83. The van der Waals surface area contributed by atoms with Crippen LogP contribution in [0.1, 0.15) is 55.9 Å². The van der Waals surface area contributed by atoms with Crippen molar-refractivity contribution in [2.24, 2.45) is 0 Å². The van der Waals surface area contributed by atoms with Crippen LogP contribution in [-0.2, 0) is 32.6 Å². The molecule has 3 rings (SSSR count). The van der Waals surface area contributed by atoms with Crippen molar-refractivity contribution in [2.75, 3.05) is 17.1 Å². The number of rotatable bonds is 12. The van der Waals surface area contributed by atoms with Crippen molar-refractivity contribution in [3.63, 3.8) is 0 Å². The van der Waals surface area contributed by atoms with E-state index in [9.17, 15) is 18.0 Å². The van der Waals surface area contributed by atoms with Crippen LogP contribution in [0, 0.1) is 13.8 Å². The predicted octanol–water partition coefficient (Wildman–Crippen LogP) is 5.40. The molecule has 0 saturated heterocycles. The zero-order valence-electron chi connectivity index (χ0n) is 25.1. The number of hydrogen-bond donors (Lipinski definition) is 1. The number of carbonyl (C=O) groups is 2. The molecule has 2 amide bonds. The third-order valence-corrected chi connectivity index (χ3v) is 7.81. The number of hydrogen-bond acceptors (Lipinski definition) is 4. The third kappa shape index (κ3) is 10.0. The smallest absolute Gasteiger partial charge is 0.243 e. The van der Waals surface area contributed by atoms with Crippen LogP contribution in [0.3, 0.4) is 0 Å². The first kappa shape index (κ1) is 31.9. The zero-order valence-corrected chi connectivity index (χ0v) is 25.9. The van der Waals surface area contributed by atoms with Crippen molar-refractivity contribution in [3.8, 4) is 0 Å². The van der Waals surface area contributed by atoms with Crippen LogP contribution in [0.5, 0.6) is 0 Å². The summed E-state index contributed by atoms with van der Waals surface area (Å²) >= 11 is 0. The highest BCUT2D eigenvalue weighted by Gasteiger charge is 2.32. The maximum Gasteiger partial charge on any atom is 0.243 e. The molecule has 0 aliphatic carbocycles. The first-order valence-electron chi connectivity index (χ1n) is 14.0.